The van der Waals surface area contributed by atoms with E-state index >= 15 is 0 Å². The highest BCUT2D eigenvalue weighted by Gasteiger charge is 2.11. The van der Waals surface area contributed by atoms with Gasteiger partial charge in [0.15, 0.2) is 0 Å². The lowest BCUT2D eigenvalue weighted by Crippen LogP contribution is -2.28. The highest BCUT2D eigenvalue weighted by atomic mass is 16.3. The van der Waals surface area contributed by atoms with Crippen LogP contribution in [0, 0.1) is 6.92 Å². The fourth-order valence-electron chi connectivity index (χ4n) is 2.15. The normalized spacial score (nSPS) is 12.9. The first-order valence-electron chi connectivity index (χ1n) is 6.76. The number of aliphatic hydroxyl groups excluding tert-OH is 1. The number of nitrogens with zero attached hydrogens (tertiary/aromatic N) is 1. The molecule has 1 rings (SSSR count). The summed E-state index contributed by atoms with van der Waals surface area (Å²) in [6, 6.07) is 9.08. The zero-order valence-corrected chi connectivity index (χ0v) is 11.8. The third kappa shape index (κ3) is 5.17. The molecule has 102 valence electrons. The molecular formula is C15H26N2O. The molecule has 0 saturated heterocycles. The Bertz CT molecular complexity index is 341. The number of hydrogen-bond donors (Lipinski definition) is 2. The summed E-state index contributed by atoms with van der Waals surface area (Å²) in [4.78, 5) is 2.17. The minimum absolute atomic E-state index is 0.229. The molecule has 0 radical (unpaired) electrons. The summed E-state index contributed by atoms with van der Waals surface area (Å²) in [7, 11) is 2.05. The van der Waals surface area contributed by atoms with Crippen molar-refractivity contribution in [3.05, 3.63) is 35.4 Å². The minimum atomic E-state index is 0.229. The Morgan fingerprint density at radius 3 is 2.72 bits per heavy atom. The van der Waals surface area contributed by atoms with Gasteiger partial charge in [-0.1, -0.05) is 36.8 Å². The highest BCUT2D eigenvalue weighted by molar-refractivity contribution is 5.25. The van der Waals surface area contributed by atoms with Crippen LogP contribution in [0.4, 0.5) is 0 Å². The molecule has 0 fully saturated rings. The molecule has 2 N–H and O–H groups in total. The lowest BCUT2D eigenvalue weighted by molar-refractivity contribution is 0.215. The zero-order chi connectivity index (χ0) is 13.4. The first-order valence-corrected chi connectivity index (χ1v) is 6.76. The lowest BCUT2D eigenvalue weighted by atomic mass is 10.0. The molecule has 1 aromatic carbocycles. The van der Waals surface area contributed by atoms with E-state index in [9.17, 15) is 0 Å². The molecule has 3 nitrogen and oxygen atoms in total. The maximum atomic E-state index is 8.90. The van der Waals surface area contributed by atoms with Crippen LogP contribution in [-0.4, -0.2) is 43.3 Å². The molecule has 0 aliphatic rings. The van der Waals surface area contributed by atoms with Crippen molar-refractivity contribution in [2.24, 2.45) is 0 Å². The third-order valence-electron chi connectivity index (χ3n) is 3.18. The van der Waals surface area contributed by atoms with Crippen molar-refractivity contribution in [1.82, 2.24) is 10.2 Å². The number of likely N-dealkylation sites (N-methyl/N-ethyl adjacent to an activating group) is 1. The van der Waals surface area contributed by atoms with Crippen LogP contribution < -0.4 is 5.32 Å². The summed E-state index contributed by atoms with van der Waals surface area (Å²) in [5, 5.41) is 12.4. The summed E-state index contributed by atoms with van der Waals surface area (Å²) in [5.41, 5.74) is 2.66. The number of aryl methyl sites for hydroxylation is 1. The second kappa shape index (κ2) is 8.25. The minimum Gasteiger partial charge on any atom is -0.395 e. The van der Waals surface area contributed by atoms with Gasteiger partial charge in [0.25, 0.3) is 0 Å². The van der Waals surface area contributed by atoms with Crippen LogP contribution in [0.2, 0.25) is 0 Å². The smallest absolute Gasteiger partial charge is 0.0558 e. The Labute approximate surface area is 111 Å². The Morgan fingerprint density at radius 2 is 2.11 bits per heavy atom. The van der Waals surface area contributed by atoms with Gasteiger partial charge in [0.1, 0.15) is 0 Å². The fourth-order valence-corrected chi connectivity index (χ4v) is 2.15. The Morgan fingerprint density at radius 1 is 1.33 bits per heavy atom. The van der Waals surface area contributed by atoms with E-state index in [-0.39, 0.29) is 6.61 Å². The van der Waals surface area contributed by atoms with Gasteiger partial charge in [0.2, 0.25) is 0 Å². The molecule has 0 aromatic heterocycles. The maximum Gasteiger partial charge on any atom is 0.0558 e. The first kappa shape index (κ1) is 15.2. The van der Waals surface area contributed by atoms with Crippen molar-refractivity contribution in [2.75, 3.05) is 33.3 Å². The molecule has 1 unspecified atom stereocenters. The van der Waals surface area contributed by atoms with E-state index in [0.29, 0.717) is 6.04 Å². The number of benzene rings is 1. The summed E-state index contributed by atoms with van der Waals surface area (Å²) >= 11 is 0. The van der Waals surface area contributed by atoms with E-state index < -0.39 is 0 Å². The van der Waals surface area contributed by atoms with Crippen LogP contribution in [0.3, 0.4) is 0 Å². The molecule has 0 amide bonds. The van der Waals surface area contributed by atoms with E-state index in [1.807, 2.05) is 0 Å². The zero-order valence-electron chi connectivity index (χ0n) is 11.8. The van der Waals surface area contributed by atoms with Crippen LogP contribution in [-0.2, 0) is 0 Å². The lowest BCUT2D eigenvalue weighted by Gasteiger charge is -2.22. The van der Waals surface area contributed by atoms with Crippen LogP contribution >= 0.6 is 0 Å². The molecule has 0 aliphatic carbocycles. The van der Waals surface area contributed by atoms with Gasteiger partial charge >= 0.3 is 0 Å². The van der Waals surface area contributed by atoms with Crippen molar-refractivity contribution in [1.29, 1.82) is 0 Å². The molecule has 0 heterocycles. The molecular weight excluding hydrogens is 224 g/mol. The van der Waals surface area contributed by atoms with Crippen molar-refractivity contribution >= 4 is 0 Å². The Balaban J connectivity index is 2.59. The molecule has 0 spiro atoms. The fraction of sp³-hybridized carbons (Fsp3) is 0.600. The van der Waals surface area contributed by atoms with Gasteiger partial charge < -0.3 is 15.3 Å². The second-order valence-electron chi connectivity index (χ2n) is 4.84. The van der Waals surface area contributed by atoms with Gasteiger partial charge in [-0.3, -0.25) is 0 Å². The second-order valence-corrected chi connectivity index (χ2v) is 4.84. The number of hydrogen-bond acceptors (Lipinski definition) is 3. The van der Waals surface area contributed by atoms with E-state index in [1.165, 1.54) is 11.1 Å². The van der Waals surface area contributed by atoms with Crippen LogP contribution in [0.1, 0.15) is 30.5 Å². The van der Waals surface area contributed by atoms with Gasteiger partial charge in [-0.15, -0.1) is 0 Å². The molecule has 0 aliphatic heterocycles. The van der Waals surface area contributed by atoms with Crippen LogP contribution in [0.25, 0.3) is 0 Å². The van der Waals surface area contributed by atoms with Crippen LogP contribution in [0.5, 0.6) is 0 Å². The average Bonchev–Trinajstić information content (AvgIpc) is 2.35. The van der Waals surface area contributed by atoms with Crippen molar-refractivity contribution in [2.45, 2.75) is 26.3 Å². The van der Waals surface area contributed by atoms with Crippen molar-refractivity contribution < 1.29 is 5.11 Å². The summed E-state index contributed by atoms with van der Waals surface area (Å²) in [5.74, 6) is 0. The number of aliphatic hydroxyl groups is 1. The number of nitrogens with one attached hydrogen (secondary N) is 1. The van der Waals surface area contributed by atoms with E-state index in [0.717, 1.165) is 26.1 Å². The summed E-state index contributed by atoms with van der Waals surface area (Å²) in [6.45, 7) is 7.21. The van der Waals surface area contributed by atoms with E-state index in [4.69, 9.17) is 5.11 Å². The highest BCUT2D eigenvalue weighted by Crippen LogP contribution is 2.18. The average molecular weight is 250 g/mol. The monoisotopic (exact) mass is 250 g/mol. The summed E-state index contributed by atoms with van der Waals surface area (Å²) in [6.07, 6.45) is 1.06. The first-order chi connectivity index (χ1) is 8.67. The van der Waals surface area contributed by atoms with E-state index in [2.05, 4.69) is 55.4 Å². The Hall–Kier alpha value is -0.900. The van der Waals surface area contributed by atoms with E-state index in [1.54, 1.807) is 0 Å². The van der Waals surface area contributed by atoms with Crippen LogP contribution in [0.15, 0.2) is 24.3 Å². The van der Waals surface area contributed by atoms with Gasteiger partial charge in [-0.2, -0.15) is 0 Å². The largest absolute Gasteiger partial charge is 0.395 e. The molecule has 0 saturated carbocycles. The molecule has 3 heteroatoms. The van der Waals surface area contributed by atoms with Gasteiger partial charge in [0, 0.05) is 12.6 Å². The van der Waals surface area contributed by atoms with Gasteiger partial charge in [0.05, 0.1) is 6.61 Å². The van der Waals surface area contributed by atoms with Crippen molar-refractivity contribution in [3.8, 4) is 0 Å². The molecule has 1 aromatic rings. The Kier molecular flexibility index (Phi) is 6.94. The standard InChI is InChI=1S/C15H26N2O/c1-4-16-15(8-9-17(3)10-11-18)14-7-5-6-13(2)12-14/h5-7,12,15-16,18H,4,8-11H2,1-3H3. The maximum absolute atomic E-state index is 8.90. The molecule has 1 atom stereocenters. The van der Waals surface area contributed by atoms with Gasteiger partial charge in [-0.05, 0) is 39.0 Å². The predicted octanol–water partition coefficient (Wildman–Crippen LogP) is 1.96. The predicted molar refractivity (Wildman–Crippen MR) is 76.8 cm³/mol. The quantitative estimate of drug-likeness (QED) is 0.740. The topological polar surface area (TPSA) is 35.5 Å². The molecule has 18 heavy (non-hydrogen) atoms. The number of rotatable bonds is 8. The molecule has 0 bridgehead atoms. The van der Waals surface area contributed by atoms with Crippen molar-refractivity contribution in [3.63, 3.8) is 0 Å². The summed E-state index contributed by atoms with van der Waals surface area (Å²) < 4.78 is 0. The van der Waals surface area contributed by atoms with Gasteiger partial charge in [-0.25, -0.2) is 0 Å². The third-order valence-corrected chi connectivity index (χ3v) is 3.18. The SMILES string of the molecule is CCNC(CCN(C)CCO)c1cccc(C)c1.